The van der Waals surface area contributed by atoms with E-state index in [0.29, 0.717) is 12.0 Å². The van der Waals surface area contributed by atoms with Crippen molar-refractivity contribution in [3.8, 4) is 0 Å². The van der Waals surface area contributed by atoms with E-state index in [1.165, 1.54) is 62.6 Å². The van der Waals surface area contributed by atoms with Crippen LogP contribution < -0.4 is 5.32 Å². The molecule has 0 saturated heterocycles. The summed E-state index contributed by atoms with van der Waals surface area (Å²) in [5.41, 5.74) is 2.89. The minimum Gasteiger partial charge on any atom is -0.314 e. The number of hydrogen-bond donors (Lipinski definition) is 1. The largest absolute Gasteiger partial charge is 0.314 e. The van der Waals surface area contributed by atoms with Gasteiger partial charge in [0.05, 0.1) is 0 Å². The van der Waals surface area contributed by atoms with Crippen molar-refractivity contribution in [2.24, 2.45) is 5.92 Å². The molecule has 110 valence electrons. The van der Waals surface area contributed by atoms with Crippen LogP contribution in [0.1, 0.15) is 69.0 Å². The Hall–Kier alpha value is -0.890. The predicted octanol–water partition coefficient (Wildman–Crippen LogP) is 4.06. The van der Waals surface area contributed by atoms with Gasteiger partial charge in [0.2, 0.25) is 0 Å². The number of fused-ring (bicyclic) bond motifs is 1. The average molecular weight is 272 g/mol. The Bertz CT molecular complexity index is 423. The fourth-order valence-electron chi connectivity index (χ4n) is 4.29. The van der Waals surface area contributed by atoms with Gasteiger partial charge in [0, 0.05) is 23.9 Å². The van der Waals surface area contributed by atoms with E-state index in [0.717, 1.165) is 12.5 Å². The Morgan fingerprint density at radius 2 is 2.10 bits per heavy atom. The molecule has 1 N–H and O–H groups in total. The van der Waals surface area contributed by atoms with Crippen molar-refractivity contribution < 1.29 is 0 Å². The Morgan fingerprint density at radius 3 is 2.90 bits per heavy atom. The van der Waals surface area contributed by atoms with Crippen molar-refractivity contribution in [1.82, 2.24) is 10.3 Å². The molecule has 2 atom stereocenters. The fourth-order valence-corrected chi connectivity index (χ4v) is 4.29. The highest BCUT2D eigenvalue weighted by Crippen LogP contribution is 2.37. The molecule has 2 heteroatoms. The molecule has 0 aliphatic heterocycles. The molecule has 20 heavy (non-hydrogen) atoms. The summed E-state index contributed by atoms with van der Waals surface area (Å²) < 4.78 is 0. The molecule has 2 aliphatic carbocycles. The number of nitrogens with one attached hydrogen (secondary N) is 1. The number of aryl methyl sites for hydroxylation is 1. The van der Waals surface area contributed by atoms with Gasteiger partial charge in [-0.05, 0) is 49.8 Å². The van der Waals surface area contributed by atoms with Gasteiger partial charge in [-0.2, -0.15) is 0 Å². The van der Waals surface area contributed by atoms with Crippen molar-refractivity contribution in [3.63, 3.8) is 0 Å². The first-order valence-electron chi connectivity index (χ1n) is 8.55. The lowest BCUT2D eigenvalue weighted by molar-refractivity contribution is 0.321. The average Bonchev–Trinajstić information content (AvgIpc) is 2.99. The lowest BCUT2D eigenvalue weighted by atomic mass is 9.78. The van der Waals surface area contributed by atoms with Gasteiger partial charge in [-0.25, -0.2) is 0 Å². The summed E-state index contributed by atoms with van der Waals surface area (Å²) in [6.07, 6.45) is 13.0. The van der Waals surface area contributed by atoms with E-state index in [2.05, 4.69) is 24.4 Å². The molecule has 1 fully saturated rings. The van der Waals surface area contributed by atoms with Gasteiger partial charge in [-0.1, -0.05) is 38.7 Å². The molecule has 0 bridgehead atoms. The maximum Gasteiger partial charge on any atom is 0.0481 e. The maximum atomic E-state index is 4.74. The first-order chi connectivity index (χ1) is 9.88. The van der Waals surface area contributed by atoms with Gasteiger partial charge in [0.1, 0.15) is 0 Å². The van der Waals surface area contributed by atoms with Crippen molar-refractivity contribution in [1.29, 1.82) is 0 Å². The molecule has 0 aromatic carbocycles. The number of nitrogens with zero attached hydrogens (tertiary/aromatic N) is 1. The lowest BCUT2D eigenvalue weighted by Gasteiger charge is -2.33. The molecule has 3 rings (SSSR count). The van der Waals surface area contributed by atoms with Gasteiger partial charge in [0.15, 0.2) is 0 Å². The van der Waals surface area contributed by atoms with Gasteiger partial charge < -0.3 is 5.32 Å². The van der Waals surface area contributed by atoms with Crippen LogP contribution in [-0.2, 0) is 6.42 Å². The summed E-state index contributed by atoms with van der Waals surface area (Å²) in [5, 5.41) is 3.78. The second kappa shape index (κ2) is 6.71. The van der Waals surface area contributed by atoms with Crippen LogP contribution in [0.3, 0.4) is 0 Å². The lowest BCUT2D eigenvalue weighted by Crippen LogP contribution is -2.38. The van der Waals surface area contributed by atoms with Crippen molar-refractivity contribution >= 4 is 0 Å². The Balaban J connectivity index is 1.76. The molecule has 2 nitrogen and oxygen atoms in total. The maximum absolute atomic E-state index is 4.74. The highest BCUT2D eigenvalue weighted by Gasteiger charge is 2.30. The molecule has 0 spiro atoms. The topological polar surface area (TPSA) is 24.9 Å². The van der Waals surface area contributed by atoms with Crippen molar-refractivity contribution in [2.75, 3.05) is 6.54 Å². The summed E-state index contributed by atoms with van der Waals surface area (Å²) >= 11 is 0. The van der Waals surface area contributed by atoms with Gasteiger partial charge in [0.25, 0.3) is 0 Å². The van der Waals surface area contributed by atoms with Gasteiger partial charge in [-0.3, -0.25) is 4.98 Å². The summed E-state index contributed by atoms with van der Waals surface area (Å²) in [6.45, 7) is 3.32. The Labute approximate surface area is 123 Å². The number of hydrogen-bond acceptors (Lipinski definition) is 2. The Kier molecular flexibility index (Phi) is 4.72. The highest BCUT2D eigenvalue weighted by molar-refractivity contribution is 5.27. The van der Waals surface area contributed by atoms with Crippen molar-refractivity contribution in [2.45, 2.75) is 70.3 Å². The normalized spacial score (nSPS) is 24.6. The van der Waals surface area contributed by atoms with Crippen LogP contribution in [0.15, 0.2) is 18.3 Å². The van der Waals surface area contributed by atoms with E-state index in [-0.39, 0.29) is 0 Å². The minimum atomic E-state index is 0.636. The molecule has 0 radical (unpaired) electrons. The second-order valence-corrected chi connectivity index (χ2v) is 6.60. The fraction of sp³-hybridized carbons (Fsp3) is 0.722. The van der Waals surface area contributed by atoms with E-state index in [1.807, 2.05) is 6.20 Å². The third-order valence-electron chi connectivity index (χ3n) is 5.25. The zero-order chi connectivity index (χ0) is 13.8. The zero-order valence-electron chi connectivity index (χ0n) is 12.8. The number of pyridine rings is 1. The standard InChI is InChI=1S/C18H28N2/c1-2-19-17(13-14-7-3-4-8-14)16-11-5-9-15-10-6-12-20-18(15)16/h6,10,12,14,16-17,19H,2-5,7-9,11,13H2,1H3. The van der Waals surface area contributed by atoms with E-state index < -0.39 is 0 Å². The number of likely N-dealkylation sites (N-methyl/N-ethyl adjacent to an activating group) is 1. The van der Waals surface area contributed by atoms with Crippen LogP contribution in [0.5, 0.6) is 0 Å². The summed E-state index contributed by atoms with van der Waals surface area (Å²) in [7, 11) is 0. The molecule has 1 heterocycles. The minimum absolute atomic E-state index is 0.636. The van der Waals surface area contributed by atoms with E-state index in [1.54, 1.807) is 0 Å². The first-order valence-corrected chi connectivity index (χ1v) is 8.55. The summed E-state index contributed by atoms with van der Waals surface area (Å²) in [6, 6.07) is 5.02. The predicted molar refractivity (Wildman–Crippen MR) is 84.0 cm³/mol. The molecule has 1 aromatic rings. The van der Waals surface area contributed by atoms with E-state index >= 15 is 0 Å². The van der Waals surface area contributed by atoms with E-state index in [9.17, 15) is 0 Å². The molecular formula is C18H28N2. The number of rotatable bonds is 5. The van der Waals surface area contributed by atoms with Crippen LogP contribution in [0.2, 0.25) is 0 Å². The van der Waals surface area contributed by atoms with Crippen LogP contribution in [0.25, 0.3) is 0 Å². The zero-order valence-corrected chi connectivity index (χ0v) is 12.8. The SMILES string of the molecule is CCNC(CC1CCCC1)C1CCCc2cccnc21. The van der Waals surface area contributed by atoms with Gasteiger partial charge >= 0.3 is 0 Å². The molecule has 1 saturated carbocycles. The molecule has 2 unspecified atom stereocenters. The number of aromatic nitrogens is 1. The first kappa shape index (κ1) is 14.1. The van der Waals surface area contributed by atoms with Crippen molar-refractivity contribution in [3.05, 3.63) is 29.6 Å². The smallest absolute Gasteiger partial charge is 0.0481 e. The quantitative estimate of drug-likeness (QED) is 0.874. The van der Waals surface area contributed by atoms with Crippen LogP contribution in [0.4, 0.5) is 0 Å². The molecular weight excluding hydrogens is 244 g/mol. The summed E-state index contributed by atoms with van der Waals surface area (Å²) in [5.74, 6) is 1.59. The molecule has 2 aliphatic rings. The third-order valence-corrected chi connectivity index (χ3v) is 5.25. The van der Waals surface area contributed by atoms with Crippen LogP contribution >= 0.6 is 0 Å². The Morgan fingerprint density at radius 1 is 1.25 bits per heavy atom. The highest BCUT2D eigenvalue weighted by atomic mass is 14.9. The second-order valence-electron chi connectivity index (χ2n) is 6.60. The third kappa shape index (κ3) is 3.06. The summed E-state index contributed by atoms with van der Waals surface area (Å²) in [4.78, 5) is 4.74. The molecule has 1 aromatic heterocycles. The monoisotopic (exact) mass is 272 g/mol. The van der Waals surface area contributed by atoms with Crippen LogP contribution in [-0.4, -0.2) is 17.6 Å². The van der Waals surface area contributed by atoms with Crippen LogP contribution in [0, 0.1) is 5.92 Å². The molecule has 0 amide bonds. The van der Waals surface area contributed by atoms with Gasteiger partial charge in [-0.15, -0.1) is 0 Å². The van der Waals surface area contributed by atoms with E-state index in [4.69, 9.17) is 4.98 Å².